The van der Waals surface area contributed by atoms with Gasteiger partial charge in [-0.2, -0.15) is 4.72 Å². The van der Waals surface area contributed by atoms with Crippen LogP contribution < -0.4 is 10.5 Å². The third-order valence-corrected chi connectivity index (χ3v) is 6.01. The molecule has 3 rings (SSSR count). The molecule has 1 saturated heterocycles. The molecule has 8 heteroatoms. The van der Waals surface area contributed by atoms with E-state index >= 15 is 0 Å². The second kappa shape index (κ2) is 7.89. The van der Waals surface area contributed by atoms with Crippen molar-refractivity contribution < 1.29 is 18.0 Å². The first-order valence-corrected chi connectivity index (χ1v) is 10.1. The van der Waals surface area contributed by atoms with Crippen LogP contribution in [0.25, 0.3) is 0 Å². The van der Waals surface area contributed by atoms with Crippen molar-refractivity contribution in [3.63, 3.8) is 0 Å². The maximum absolute atomic E-state index is 13.2. The van der Waals surface area contributed by atoms with Gasteiger partial charge in [0.15, 0.2) is 0 Å². The number of hydrogen-bond donors (Lipinski definition) is 2. The van der Waals surface area contributed by atoms with Crippen molar-refractivity contribution in [2.75, 3.05) is 6.54 Å². The van der Waals surface area contributed by atoms with Gasteiger partial charge in [0.2, 0.25) is 21.8 Å². The highest BCUT2D eigenvalue weighted by Gasteiger charge is 2.38. The predicted octanol–water partition coefficient (Wildman–Crippen LogP) is 1.18. The molecule has 142 valence electrons. The summed E-state index contributed by atoms with van der Waals surface area (Å²) in [5.41, 5.74) is 5.91. The average molecular weight is 387 g/mol. The quantitative estimate of drug-likeness (QED) is 0.776. The average Bonchev–Trinajstić information content (AvgIpc) is 3.17. The van der Waals surface area contributed by atoms with E-state index in [9.17, 15) is 18.0 Å². The second-order valence-corrected chi connectivity index (χ2v) is 8.08. The molecule has 2 aromatic carbocycles. The second-order valence-electron chi connectivity index (χ2n) is 6.37. The maximum Gasteiger partial charge on any atom is 0.245 e. The molecule has 0 radical (unpaired) electrons. The maximum atomic E-state index is 13.2. The van der Waals surface area contributed by atoms with Crippen LogP contribution in [0.15, 0.2) is 65.6 Å². The van der Waals surface area contributed by atoms with Crippen LogP contribution in [0, 0.1) is 0 Å². The van der Waals surface area contributed by atoms with E-state index in [0.29, 0.717) is 24.9 Å². The molecule has 0 saturated carbocycles. The zero-order valence-electron chi connectivity index (χ0n) is 14.6. The highest BCUT2D eigenvalue weighted by Crippen LogP contribution is 2.25. The Morgan fingerprint density at radius 1 is 1.04 bits per heavy atom. The minimum absolute atomic E-state index is 0.0617. The number of carbonyl (C=O) groups excluding carboxylic acids is 2. The van der Waals surface area contributed by atoms with Gasteiger partial charge in [-0.15, -0.1) is 0 Å². The SMILES string of the molecule is NC(=O)[C@@H]1CCCN1C(=O)[C@H](NS(=O)(=O)c1ccccc1)c1ccccc1. The number of likely N-dealkylation sites (tertiary alicyclic amines) is 1. The Balaban J connectivity index is 1.95. The van der Waals surface area contributed by atoms with Crippen LogP contribution in [0.3, 0.4) is 0 Å². The number of amides is 2. The van der Waals surface area contributed by atoms with Gasteiger partial charge in [0, 0.05) is 6.54 Å². The lowest BCUT2D eigenvalue weighted by Gasteiger charge is -2.28. The summed E-state index contributed by atoms with van der Waals surface area (Å²) in [6.45, 7) is 0.364. The fraction of sp³-hybridized carbons (Fsp3) is 0.263. The molecule has 0 spiro atoms. The number of primary amides is 1. The molecule has 0 unspecified atom stereocenters. The van der Waals surface area contributed by atoms with Gasteiger partial charge < -0.3 is 10.6 Å². The third-order valence-electron chi connectivity index (χ3n) is 4.57. The lowest BCUT2D eigenvalue weighted by molar-refractivity contribution is -0.138. The summed E-state index contributed by atoms with van der Waals surface area (Å²) in [5, 5.41) is 0. The number of carbonyl (C=O) groups is 2. The van der Waals surface area contributed by atoms with Crippen LogP contribution in [0.2, 0.25) is 0 Å². The molecular weight excluding hydrogens is 366 g/mol. The number of nitrogens with two attached hydrogens (primary N) is 1. The molecule has 2 atom stereocenters. The summed E-state index contributed by atoms with van der Waals surface area (Å²) in [6.07, 6.45) is 1.13. The van der Waals surface area contributed by atoms with E-state index in [2.05, 4.69) is 4.72 Å². The van der Waals surface area contributed by atoms with Crippen molar-refractivity contribution in [2.45, 2.75) is 29.8 Å². The standard InChI is InChI=1S/C19H21N3O4S/c20-18(23)16-12-7-13-22(16)19(24)17(14-8-3-1-4-9-14)21-27(25,26)15-10-5-2-6-11-15/h1-6,8-11,16-17,21H,7,12-13H2,(H2,20,23)/t16-,17+/m0/s1. The molecule has 27 heavy (non-hydrogen) atoms. The van der Waals surface area contributed by atoms with E-state index in [1.807, 2.05) is 0 Å². The summed E-state index contributed by atoms with van der Waals surface area (Å²) < 4.78 is 28.0. The van der Waals surface area contributed by atoms with Crippen LogP contribution in [-0.4, -0.2) is 37.7 Å². The number of benzene rings is 2. The molecule has 0 aromatic heterocycles. The summed E-state index contributed by atoms with van der Waals surface area (Å²) in [4.78, 5) is 26.3. The fourth-order valence-electron chi connectivity index (χ4n) is 3.22. The molecular formula is C19H21N3O4S. The third kappa shape index (κ3) is 4.17. The normalized spacial score (nSPS) is 18.2. The molecule has 1 heterocycles. The first kappa shape index (κ1) is 19.1. The Morgan fingerprint density at radius 3 is 2.22 bits per heavy atom. The van der Waals surface area contributed by atoms with Crippen molar-refractivity contribution in [2.24, 2.45) is 5.73 Å². The molecule has 7 nitrogen and oxygen atoms in total. The smallest absolute Gasteiger partial charge is 0.245 e. The monoisotopic (exact) mass is 387 g/mol. The zero-order chi connectivity index (χ0) is 19.4. The Bertz CT molecular complexity index is 916. The first-order valence-electron chi connectivity index (χ1n) is 8.62. The van der Waals surface area contributed by atoms with Gasteiger partial charge in [-0.05, 0) is 30.5 Å². The Labute approximate surface area is 158 Å². The molecule has 0 bridgehead atoms. The Kier molecular flexibility index (Phi) is 5.57. The molecule has 1 fully saturated rings. The largest absolute Gasteiger partial charge is 0.368 e. The van der Waals surface area contributed by atoms with Crippen LogP contribution in [0.5, 0.6) is 0 Å². The highest BCUT2D eigenvalue weighted by atomic mass is 32.2. The summed E-state index contributed by atoms with van der Waals surface area (Å²) in [5.74, 6) is -1.07. The fourth-order valence-corrected chi connectivity index (χ4v) is 4.42. The van der Waals surface area contributed by atoms with Crippen molar-refractivity contribution in [1.82, 2.24) is 9.62 Å². The Morgan fingerprint density at radius 2 is 1.63 bits per heavy atom. The van der Waals surface area contributed by atoms with Gasteiger partial charge in [0.05, 0.1) is 4.90 Å². The minimum atomic E-state index is -3.93. The van der Waals surface area contributed by atoms with Gasteiger partial charge in [-0.3, -0.25) is 9.59 Å². The number of nitrogens with zero attached hydrogens (tertiary/aromatic N) is 1. The van der Waals surface area contributed by atoms with E-state index in [1.54, 1.807) is 48.5 Å². The Hall–Kier alpha value is -2.71. The topological polar surface area (TPSA) is 110 Å². The van der Waals surface area contributed by atoms with Crippen molar-refractivity contribution in [3.05, 3.63) is 66.2 Å². The first-order chi connectivity index (χ1) is 12.9. The predicted molar refractivity (Wildman–Crippen MR) is 99.9 cm³/mol. The van der Waals surface area contributed by atoms with Gasteiger partial charge in [-0.25, -0.2) is 8.42 Å². The molecule has 3 N–H and O–H groups in total. The lowest BCUT2D eigenvalue weighted by atomic mass is 10.1. The number of nitrogens with one attached hydrogen (secondary N) is 1. The van der Waals surface area contributed by atoms with E-state index < -0.39 is 33.9 Å². The van der Waals surface area contributed by atoms with Crippen LogP contribution >= 0.6 is 0 Å². The van der Waals surface area contributed by atoms with Crippen LogP contribution in [-0.2, 0) is 19.6 Å². The van der Waals surface area contributed by atoms with Crippen molar-refractivity contribution in [3.8, 4) is 0 Å². The number of rotatable bonds is 6. The van der Waals surface area contributed by atoms with E-state index in [1.165, 1.54) is 17.0 Å². The molecule has 1 aliphatic heterocycles. The number of hydrogen-bond acceptors (Lipinski definition) is 4. The van der Waals surface area contributed by atoms with Gasteiger partial charge >= 0.3 is 0 Å². The van der Waals surface area contributed by atoms with Crippen LogP contribution in [0.4, 0.5) is 0 Å². The summed E-state index contributed by atoms with van der Waals surface area (Å²) in [6, 6.07) is 14.5. The minimum Gasteiger partial charge on any atom is -0.368 e. The lowest BCUT2D eigenvalue weighted by Crippen LogP contribution is -2.49. The van der Waals surface area contributed by atoms with Crippen molar-refractivity contribution >= 4 is 21.8 Å². The molecule has 2 amide bonds. The molecule has 1 aliphatic rings. The molecule has 2 aromatic rings. The summed E-state index contributed by atoms with van der Waals surface area (Å²) >= 11 is 0. The van der Waals surface area contributed by atoms with E-state index in [4.69, 9.17) is 5.73 Å². The van der Waals surface area contributed by atoms with Crippen molar-refractivity contribution in [1.29, 1.82) is 0 Å². The van der Waals surface area contributed by atoms with Crippen LogP contribution in [0.1, 0.15) is 24.4 Å². The molecule has 0 aliphatic carbocycles. The highest BCUT2D eigenvalue weighted by molar-refractivity contribution is 7.89. The van der Waals surface area contributed by atoms with Gasteiger partial charge in [-0.1, -0.05) is 48.5 Å². The van der Waals surface area contributed by atoms with Gasteiger partial charge in [0.1, 0.15) is 12.1 Å². The van der Waals surface area contributed by atoms with Gasteiger partial charge in [0.25, 0.3) is 0 Å². The zero-order valence-corrected chi connectivity index (χ0v) is 15.4. The van der Waals surface area contributed by atoms with E-state index in [0.717, 1.165) is 0 Å². The summed E-state index contributed by atoms with van der Waals surface area (Å²) in [7, 11) is -3.93. The number of sulfonamides is 1. The van der Waals surface area contributed by atoms with E-state index in [-0.39, 0.29) is 4.90 Å².